The highest BCUT2D eigenvalue weighted by molar-refractivity contribution is 7.41. The first-order valence-corrected chi connectivity index (χ1v) is 5.33. The van der Waals surface area contributed by atoms with Crippen LogP contribution in [0.5, 0.6) is 0 Å². The molecule has 0 aromatic heterocycles. The third-order valence-electron chi connectivity index (χ3n) is 0.745. The predicted octanol–water partition coefficient (Wildman–Crippen LogP) is 2.73. The first kappa shape index (κ1) is 19.8. The molecule has 0 spiro atoms. The maximum atomic E-state index is 9.88. The van der Waals surface area contributed by atoms with Crippen molar-refractivity contribution >= 4 is 16.9 Å². The Labute approximate surface area is 87.8 Å². The van der Waals surface area contributed by atoms with Crippen molar-refractivity contribution in [3.63, 3.8) is 0 Å². The molecule has 8 heteroatoms. The molecule has 0 amide bonds. The average Bonchev–Trinajstić information content (AvgIpc) is 2.20. The van der Waals surface area contributed by atoms with Crippen LogP contribution >= 0.6 is 16.9 Å². The normalized spacial score (nSPS) is 8.71. The van der Waals surface area contributed by atoms with Gasteiger partial charge in [0.25, 0.3) is 0 Å². The van der Waals surface area contributed by atoms with Crippen LogP contribution in [-0.2, 0) is 27.2 Å². The molecule has 0 aromatic carbocycles. The Kier molecular flexibility index (Phi) is 22.4. The van der Waals surface area contributed by atoms with E-state index in [1.54, 1.807) is 21.3 Å². The van der Waals surface area contributed by atoms with E-state index in [4.69, 9.17) is 0 Å². The van der Waals surface area contributed by atoms with Crippen LogP contribution in [0.4, 0.5) is 0 Å². The van der Waals surface area contributed by atoms with Crippen molar-refractivity contribution in [2.75, 3.05) is 35.5 Å². The molecule has 0 fully saturated rings. The van der Waals surface area contributed by atoms with E-state index < -0.39 is 16.9 Å². The van der Waals surface area contributed by atoms with Gasteiger partial charge in [0.15, 0.2) is 0 Å². The van der Waals surface area contributed by atoms with E-state index in [1.165, 1.54) is 14.2 Å². The van der Waals surface area contributed by atoms with E-state index in [0.29, 0.717) is 0 Å². The summed E-state index contributed by atoms with van der Waals surface area (Å²) in [5, 5.41) is 0. The van der Waals surface area contributed by atoms with Crippen LogP contribution in [0.3, 0.4) is 0 Å². The highest BCUT2D eigenvalue weighted by Gasteiger charge is 2.10. The monoisotopic (exact) mass is 249 g/mol. The Balaban J connectivity index is -0.000000163. The first-order valence-electron chi connectivity index (χ1n) is 3.14. The first-order chi connectivity index (χ1) is 6.15. The summed E-state index contributed by atoms with van der Waals surface area (Å²) in [5.41, 5.74) is 0. The Hall–Kier alpha value is 0.330. The van der Waals surface area contributed by atoms with Crippen LogP contribution in [0.15, 0.2) is 0 Å². The van der Waals surface area contributed by atoms with Crippen LogP contribution in [-0.4, -0.2) is 35.5 Å². The summed E-state index contributed by atoms with van der Waals surface area (Å²) in [5.74, 6) is 0. The SMILES string of the molecule is C.COP(OC)OC.CO[P+](=O)OC. The lowest BCUT2D eigenvalue weighted by molar-refractivity contribution is 0.239. The second kappa shape index (κ2) is 15.8. The van der Waals surface area contributed by atoms with Gasteiger partial charge in [-0.3, -0.25) is 0 Å². The van der Waals surface area contributed by atoms with E-state index in [1.807, 2.05) is 0 Å². The smallest absolute Gasteiger partial charge is 0.316 e. The molecule has 0 aliphatic heterocycles. The lowest BCUT2D eigenvalue weighted by Crippen LogP contribution is -1.81. The zero-order chi connectivity index (χ0) is 10.7. The zero-order valence-electron chi connectivity index (χ0n) is 8.34. The molecule has 0 aliphatic rings. The summed E-state index contributed by atoms with van der Waals surface area (Å²) in [6.45, 7) is 0. The fourth-order valence-corrected chi connectivity index (χ4v) is 0.894. The number of rotatable bonds is 5. The van der Waals surface area contributed by atoms with E-state index in [0.717, 1.165) is 0 Å². The molecule has 0 rings (SSSR count). The molecule has 0 N–H and O–H groups in total. The van der Waals surface area contributed by atoms with Crippen LogP contribution in [0.1, 0.15) is 7.43 Å². The number of hydrogen-bond acceptors (Lipinski definition) is 6. The van der Waals surface area contributed by atoms with Gasteiger partial charge in [-0.25, -0.2) is 0 Å². The Bertz CT molecular complexity index is 107. The quantitative estimate of drug-likeness (QED) is 0.698. The van der Waals surface area contributed by atoms with Crippen molar-refractivity contribution in [3.05, 3.63) is 0 Å². The van der Waals surface area contributed by atoms with E-state index in [-0.39, 0.29) is 7.43 Å². The highest BCUT2D eigenvalue weighted by atomic mass is 31.2. The fraction of sp³-hybridized carbons (Fsp3) is 1.00. The van der Waals surface area contributed by atoms with Crippen LogP contribution in [0.2, 0.25) is 0 Å². The van der Waals surface area contributed by atoms with Crippen LogP contribution in [0, 0.1) is 0 Å². The summed E-state index contributed by atoms with van der Waals surface area (Å²) in [6, 6.07) is 0. The molecule has 6 nitrogen and oxygen atoms in total. The van der Waals surface area contributed by atoms with Gasteiger partial charge in [-0.1, -0.05) is 7.43 Å². The second-order valence-electron chi connectivity index (χ2n) is 1.36. The van der Waals surface area contributed by atoms with Crippen molar-refractivity contribution in [2.45, 2.75) is 7.43 Å². The molecule has 0 bridgehead atoms. The molecule has 0 aliphatic carbocycles. The minimum Gasteiger partial charge on any atom is -0.316 e. The summed E-state index contributed by atoms with van der Waals surface area (Å²) in [6.07, 6.45) is 0. The summed E-state index contributed by atoms with van der Waals surface area (Å²) in [4.78, 5) is 0. The van der Waals surface area contributed by atoms with E-state index in [9.17, 15) is 4.57 Å². The van der Waals surface area contributed by atoms with Gasteiger partial charge in [0.1, 0.15) is 0 Å². The van der Waals surface area contributed by atoms with E-state index in [2.05, 4.69) is 22.6 Å². The van der Waals surface area contributed by atoms with E-state index >= 15 is 0 Å². The van der Waals surface area contributed by atoms with Crippen molar-refractivity contribution in [1.29, 1.82) is 0 Å². The molecular formula is C6H19O6P2+. The third-order valence-corrected chi connectivity index (χ3v) is 2.24. The maximum absolute atomic E-state index is 9.88. The zero-order valence-corrected chi connectivity index (χ0v) is 10.1. The van der Waals surface area contributed by atoms with Gasteiger partial charge >= 0.3 is 16.9 Å². The molecular weight excluding hydrogens is 230 g/mol. The average molecular weight is 249 g/mol. The molecule has 0 unspecified atom stereocenters. The van der Waals surface area contributed by atoms with Crippen LogP contribution < -0.4 is 0 Å². The Morgan fingerprint density at radius 2 is 1.14 bits per heavy atom. The highest BCUT2D eigenvalue weighted by Crippen LogP contribution is 2.35. The molecule has 14 heavy (non-hydrogen) atoms. The van der Waals surface area contributed by atoms with Gasteiger partial charge < -0.3 is 13.6 Å². The van der Waals surface area contributed by atoms with Gasteiger partial charge in [0, 0.05) is 25.9 Å². The molecule has 88 valence electrons. The van der Waals surface area contributed by atoms with Gasteiger partial charge in [-0.05, 0) is 0 Å². The molecule has 0 heterocycles. The molecule has 0 saturated carbocycles. The minimum absolute atomic E-state index is 0. The minimum atomic E-state index is -1.83. The Morgan fingerprint density at radius 3 is 1.14 bits per heavy atom. The van der Waals surface area contributed by atoms with Gasteiger partial charge in [-0.15, -0.1) is 9.05 Å². The maximum Gasteiger partial charge on any atom is 0.696 e. The van der Waals surface area contributed by atoms with Crippen molar-refractivity contribution in [2.24, 2.45) is 0 Å². The molecule has 0 aromatic rings. The predicted molar refractivity (Wildman–Crippen MR) is 56.3 cm³/mol. The lowest BCUT2D eigenvalue weighted by Gasteiger charge is -2.05. The van der Waals surface area contributed by atoms with Gasteiger partial charge in [0.2, 0.25) is 0 Å². The summed E-state index contributed by atoms with van der Waals surface area (Å²) >= 11 is 0. The molecule has 0 saturated heterocycles. The van der Waals surface area contributed by atoms with Crippen molar-refractivity contribution < 1.29 is 27.2 Å². The largest absolute Gasteiger partial charge is 0.696 e. The lowest BCUT2D eigenvalue weighted by atomic mass is 11.8. The Morgan fingerprint density at radius 1 is 0.857 bits per heavy atom. The topological polar surface area (TPSA) is 63.2 Å². The van der Waals surface area contributed by atoms with Crippen molar-refractivity contribution in [3.8, 4) is 0 Å². The fourth-order valence-electron chi connectivity index (χ4n) is 0.298. The third kappa shape index (κ3) is 14.8. The van der Waals surface area contributed by atoms with Gasteiger partial charge in [0.05, 0.1) is 14.2 Å². The van der Waals surface area contributed by atoms with Crippen LogP contribution in [0.25, 0.3) is 0 Å². The number of hydrogen-bond donors (Lipinski definition) is 0. The molecule has 0 radical (unpaired) electrons. The summed E-state index contributed by atoms with van der Waals surface area (Å²) in [7, 11) is 4.38. The summed E-state index contributed by atoms with van der Waals surface area (Å²) < 4.78 is 32.3. The molecule has 0 atom stereocenters. The van der Waals surface area contributed by atoms with Crippen molar-refractivity contribution in [1.82, 2.24) is 0 Å². The van der Waals surface area contributed by atoms with Gasteiger partial charge in [-0.2, -0.15) is 0 Å². The standard InChI is InChI=1S/C3H9O3P.C2H6O3P.CH4/c1-4-7(5-2)6-3;1-4-6(3)5-2;/h1-3H3;1-2H3;1H4/q;+1;. The second-order valence-corrected chi connectivity index (χ2v) is 4.08.